The molecule has 0 fully saturated rings. The van der Waals surface area contributed by atoms with Gasteiger partial charge in [-0.05, 0) is 41.2 Å². The van der Waals surface area contributed by atoms with Gasteiger partial charge in [0.15, 0.2) is 0 Å². The molecule has 1 aromatic rings. The van der Waals surface area contributed by atoms with Gasteiger partial charge in [-0.1, -0.05) is 45.0 Å². The van der Waals surface area contributed by atoms with Gasteiger partial charge in [0.05, 0.1) is 0 Å². The van der Waals surface area contributed by atoms with Crippen LogP contribution in [0.15, 0.2) is 24.3 Å². The minimum absolute atomic E-state index is 0.0837. The van der Waals surface area contributed by atoms with Crippen molar-refractivity contribution in [3.05, 3.63) is 35.4 Å². The van der Waals surface area contributed by atoms with Crippen molar-refractivity contribution >= 4 is 6.03 Å². The highest BCUT2D eigenvalue weighted by atomic mass is 16.3. The molecule has 1 aliphatic rings. The van der Waals surface area contributed by atoms with Crippen molar-refractivity contribution in [3.8, 4) is 0 Å². The molecular weight excluding hydrogens is 276 g/mol. The lowest BCUT2D eigenvalue weighted by atomic mass is 9.87. The number of carbonyl (C=O) groups is 1. The molecule has 1 aromatic carbocycles. The van der Waals surface area contributed by atoms with Crippen LogP contribution in [-0.2, 0) is 12.8 Å². The first-order chi connectivity index (χ1) is 10.3. The number of urea groups is 1. The molecule has 0 atom stereocenters. The Morgan fingerprint density at radius 1 is 1.23 bits per heavy atom. The molecule has 0 saturated heterocycles. The standard InChI is InChI=1S/C18H28N2O2/c1-17(2,8-9-21)12-19-16(22)20-13-18(3)10-14-6-4-5-7-15(14)11-18/h4-7,21H,8-13H2,1-3H3,(H2,19,20,22). The van der Waals surface area contributed by atoms with Gasteiger partial charge < -0.3 is 15.7 Å². The van der Waals surface area contributed by atoms with Crippen molar-refractivity contribution in [1.82, 2.24) is 10.6 Å². The molecule has 0 radical (unpaired) electrons. The quantitative estimate of drug-likeness (QED) is 0.756. The summed E-state index contributed by atoms with van der Waals surface area (Å²) in [5, 5.41) is 14.9. The fraction of sp³-hybridized carbons (Fsp3) is 0.611. The lowest BCUT2D eigenvalue weighted by molar-refractivity contribution is 0.199. The average Bonchev–Trinajstić information content (AvgIpc) is 2.80. The topological polar surface area (TPSA) is 61.4 Å². The van der Waals surface area contributed by atoms with Crippen molar-refractivity contribution in [2.45, 2.75) is 40.0 Å². The second-order valence-corrected chi connectivity index (χ2v) is 7.61. The minimum atomic E-state index is -0.122. The SMILES string of the molecule is CC(C)(CCO)CNC(=O)NCC1(C)Cc2ccccc2C1. The molecule has 4 heteroatoms. The Balaban J connectivity index is 1.78. The van der Waals surface area contributed by atoms with Crippen molar-refractivity contribution in [2.75, 3.05) is 19.7 Å². The van der Waals surface area contributed by atoms with Crippen LogP contribution in [0.1, 0.15) is 38.3 Å². The van der Waals surface area contributed by atoms with Gasteiger partial charge in [-0.25, -0.2) is 4.79 Å². The maximum Gasteiger partial charge on any atom is 0.314 e. The highest BCUT2D eigenvalue weighted by Gasteiger charge is 2.32. The van der Waals surface area contributed by atoms with E-state index in [1.807, 2.05) is 13.8 Å². The summed E-state index contributed by atoms with van der Waals surface area (Å²) >= 11 is 0. The third kappa shape index (κ3) is 4.47. The Morgan fingerprint density at radius 3 is 2.36 bits per heavy atom. The molecule has 0 bridgehead atoms. The first-order valence-electron chi connectivity index (χ1n) is 8.03. The number of benzene rings is 1. The Labute approximate surface area is 133 Å². The number of amides is 2. The highest BCUT2D eigenvalue weighted by molar-refractivity contribution is 5.73. The van der Waals surface area contributed by atoms with Crippen molar-refractivity contribution in [2.24, 2.45) is 10.8 Å². The zero-order chi connectivity index (χ0) is 16.2. The zero-order valence-corrected chi connectivity index (χ0v) is 13.9. The number of hydrogen-bond donors (Lipinski definition) is 3. The molecule has 0 heterocycles. The van der Waals surface area contributed by atoms with E-state index in [4.69, 9.17) is 5.11 Å². The van der Waals surface area contributed by atoms with E-state index < -0.39 is 0 Å². The van der Waals surface area contributed by atoms with Gasteiger partial charge in [0, 0.05) is 19.7 Å². The average molecular weight is 304 g/mol. The molecular formula is C18H28N2O2. The number of rotatable bonds is 6. The second kappa shape index (κ2) is 6.69. The molecule has 0 saturated carbocycles. The summed E-state index contributed by atoms with van der Waals surface area (Å²) in [6.45, 7) is 7.69. The van der Waals surface area contributed by atoms with E-state index >= 15 is 0 Å². The van der Waals surface area contributed by atoms with Crippen LogP contribution in [0.4, 0.5) is 4.79 Å². The van der Waals surface area contributed by atoms with E-state index in [2.05, 4.69) is 41.8 Å². The van der Waals surface area contributed by atoms with E-state index in [1.165, 1.54) is 11.1 Å². The predicted octanol–water partition coefficient (Wildman–Crippen LogP) is 2.50. The summed E-state index contributed by atoms with van der Waals surface area (Å²) in [6.07, 6.45) is 2.71. The maximum atomic E-state index is 12.0. The Morgan fingerprint density at radius 2 is 1.82 bits per heavy atom. The lowest BCUT2D eigenvalue weighted by Crippen LogP contribution is -2.44. The molecule has 0 spiro atoms. The molecule has 0 aromatic heterocycles. The molecule has 4 nitrogen and oxygen atoms in total. The van der Waals surface area contributed by atoms with E-state index in [1.54, 1.807) is 0 Å². The fourth-order valence-electron chi connectivity index (χ4n) is 3.08. The third-order valence-electron chi connectivity index (χ3n) is 4.54. The zero-order valence-electron chi connectivity index (χ0n) is 13.9. The second-order valence-electron chi connectivity index (χ2n) is 7.61. The number of aliphatic hydroxyl groups is 1. The molecule has 2 amide bonds. The van der Waals surface area contributed by atoms with Crippen LogP contribution in [0, 0.1) is 10.8 Å². The molecule has 0 unspecified atom stereocenters. The third-order valence-corrected chi connectivity index (χ3v) is 4.54. The fourth-order valence-corrected chi connectivity index (χ4v) is 3.08. The van der Waals surface area contributed by atoms with Gasteiger partial charge in [-0.2, -0.15) is 0 Å². The van der Waals surface area contributed by atoms with Crippen LogP contribution >= 0.6 is 0 Å². The van der Waals surface area contributed by atoms with Gasteiger partial charge in [0.2, 0.25) is 0 Å². The lowest BCUT2D eigenvalue weighted by Gasteiger charge is -2.26. The van der Waals surface area contributed by atoms with Crippen LogP contribution in [0.25, 0.3) is 0 Å². The normalized spacial score (nSPS) is 16.2. The maximum absolute atomic E-state index is 12.0. The summed E-state index contributed by atoms with van der Waals surface area (Å²) in [6, 6.07) is 8.39. The van der Waals surface area contributed by atoms with Gasteiger partial charge >= 0.3 is 6.03 Å². The van der Waals surface area contributed by atoms with Crippen LogP contribution in [0.3, 0.4) is 0 Å². The van der Waals surface area contributed by atoms with Crippen LogP contribution in [0.5, 0.6) is 0 Å². The first kappa shape index (κ1) is 16.8. The van der Waals surface area contributed by atoms with Gasteiger partial charge in [0.1, 0.15) is 0 Å². The number of fused-ring (bicyclic) bond motifs is 1. The van der Waals surface area contributed by atoms with Crippen molar-refractivity contribution < 1.29 is 9.90 Å². The smallest absolute Gasteiger partial charge is 0.314 e. The van der Waals surface area contributed by atoms with Crippen LogP contribution in [0.2, 0.25) is 0 Å². The largest absolute Gasteiger partial charge is 0.396 e. The minimum Gasteiger partial charge on any atom is -0.396 e. The highest BCUT2D eigenvalue weighted by Crippen LogP contribution is 2.35. The Kier molecular flexibility index (Phi) is 5.12. The summed E-state index contributed by atoms with van der Waals surface area (Å²) < 4.78 is 0. The van der Waals surface area contributed by atoms with Crippen LogP contribution < -0.4 is 10.6 Å². The number of aliphatic hydroxyl groups excluding tert-OH is 1. The molecule has 0 aliphatic heterocycles. The predicted molar refractivity (Wildman–Crippen MR) is 88.8 cm³/mol. The number of hydrogen-bond acceptors (Lipinski definition) is 2. The summed E-state index contributed by atoms with van der Waals surface area (Å²) in [5.41, 5.74) is 2.81. The molecule has 1 aliphatic carbocycles. The summed E-state index contributed by atoms with van der Waals surface area (Å²) in [4.78, 5) is 12.0. The van der Waals surface area contributed by atoms with Gasteiger partial charge in [-0.3, -0.25) is 0 Å². The Bertz CT molecular complexity index is 501. The van der Waals surface area contributed by atoms with E-state index in [0.29, 0.717) is 19.5 Å². The van der Waals surface area contributed by atoms with Crippen molar-refractivity contribution in [3.63, 3.8) is 0 Å². The van der Waals surface area contributed by atoms with Crippen LogP contribution in [-0.4, -0.2) is 30.8 Å². The van der Waals surface area contributed by atoms with E-state index in [0.717, 1.165) is 12.8 Å². The monoisotopic (exact) mass is 304 g/mol. The number of carbonyl (C=O) groups excluding carboxylic acids is 1. The molecule has 122 valence electrons. The van der Waals surface area contributed by atoms with Crippen molar-refractivity contribution in [1.29, 1.82) is 0 Å². The van der Waals surface area contributed by atoms with E-state index in [-0.39, 0.29) is 23.5 Å². The first-order valence-corrected chi connectivity index (χ1v) is 8.03. The molecule has 3 N–H and O–H groups in total. The van der Waals surface area contributed by atoms with Gasteiger partial charge in [0.25, 0.3) is 0 Å². The van der Waals surface area contributed by atoms with Gasteiger partial charge in [-0.15, -0.1) is 0 Å². The summed E-state index contributed by atoms with van der Waals surface area (Å²) in [7, 11) is 0. The molecule has 2 rings (SSSR count). The number of nitrogens with one attached hydrogen (secondary N) is 2. The molecule has 22 heavy (non-hydrogen) atoms. The van der Waals surface area contributed by atoms with E-state index in [9.17, 15) is 4.79 Å². The Hall–Kier alpha value is -1.55. The summed E-state index contributed by atoms with van der Waals surface area (Å²) in [5.74, 6) is 0.